The van der Waals surface area contributed by atoms with Crippen LogP contribution in [0.4, 0.5) is 0 Å². The van der Waals surface area contributed by atoms with Crippen LogP contribution in [0.15, 0.2) is 18.2 Å². The van der Waals surface area contributed by atoms with Gasteiger partial charge in [-0.15, -0.1) is 0 Å². The summed E-state index contributed by atoms with van der Waals surface area (Å²) in [6, 6.07) is 5.52. The summed E-state index contributed by atoms with van der Waals surface area (Å²) in [5, 5.41) is 10.9. The minimum absolute atomic E-state index is 0.0804. The maximum Gasteiger partial charge on any atom is 0.242 e. The molecule has 9 heteroatoms. The number of amides is 1. The van der Waals surface area contributed by atoms with Gasteiger partial charge in [-0.25, -0.2) is 9.67 Å². The third-order valence-electron chi connectivity index (χ3n) is 4.92. The molecule has 158 valence electrons. The third kappa shape index (κ3) is 5.45. The summed E-state index contributed by atoms with van der Waals surface area (Å²) >= 11 is 0. The third-order valence-corrected chi connectivity index (χ3v) is 4.92. The number of hydrogen-bond donors (Lipinski definition) is 3. The number of rotatable bonds is 8. The van der Waals surface area contributed by atoms with Gasteiger partial charge in [0.15, 0.2) is 17.3 Å². The van der Waals surface area contributed by atoms with Crippen LogP contribution in [0.25, 0.3) is 0 Å². The van der Waals surface area contributed by atoms with E-state index >= 15 is 0 Å². The molecule has 1 amide bonds. The first-order chi connectivity index (χ1) is 14.0. The maximum atomic E-state index is 12.5. The number of aromatic nitrogens is 3. The van der Waals surface area contributed by atoms with Gasteiger partial charge in [-0.3, -0.25) is 4.79 Å². The molecule has 2 atom stereocenters. The maximum absolute atomic E-state index is 12.5. The van der Waals surface area contributed by atoms with E-state index in [1.54, 1.807) is 18.9 Å². The van der Waals surface area contributed by atoms with Gasteiger partial charge in [0.25, 0.3) is 0 Å². The second kappa shape index (κ2) is 9.71. The number of carbonyl (C=O) groups is 1. The quantitative estimate of drug-likeness (QED) is 0.597. The molecule has 1 fully saturated rings. The first-order valence-corrected chi connectivity index (χ1v) is 9.90. The molecule has 1 aliphatic rings. The van der Waals surface area contributed by atoms with E-state index in [2.05, 4.69) is 20.7 Å². The first kappa shape index (κ1) is 21.1. The van der Waals surface area contributed by atoms with Gasteiger partial charge in [0.05, 0.1) is 20.3 Å². The number of ether oxygens (including phenoxy) is 2. The Morgan fingerprint density at radius 2 is 2.17 bits per heavy atom. The second-order valence-electron chi connectivity index (χ2n) is 7.31. The van der Waals surface area contributed by atoms with Gasteiger partial charge in [-0.1, -0.05) is 6.07 Å². The predicted molar refractivity (Wildman–Crippen MR) is 109 cm³/mol. The van der Waals surface area contributed by atoms with E-state index in [0.29, 0.717) is 29.6 Å². The minimum Gasteiger partial charge on any atom is -0.493 e. The largest absolute Gasteiger partial charge is 0.493 e. The summed E-state index contributed by atoms with van der Waals surface area (Å²) in [4.78, 5) is 17.0. The molecule has 0 saturated carbocycles. The lowest BCUT2D eigenvalue weighted by atomic mass is 10.1. The molecule has 0 spiro atoms. The van der Waals surface area contributed by atoms with Gasteiger partial charge < -0.3 is 25.8 Å². The highest BCUT2D eigenvalue weighted by Crippen LogP contribution is 2.28. The predicted octanol–water partition coefficient (Wildman–Crippen LogP) is 0.774. The smallest absolute Gasteiger partial charge is 0.242 e. The number of methoxy groups -OCH3 is 2. The lowest BCUT2D eigenvalue weighted by Gasteiger charge is -2.23. The van der Waals surface area contributed by atoms with Gasteiger partial charge in [0.2, 0.25) is 5.91 Å². The van der Waals surface area contributed by atoms with Crippen LogP contribution in [-0.4, -0.2) is 54.0 Å². The molecule has 3 rings (SSSR count). The molecule has 0 bridgehead atoms. The highest BCUT2D eigenvalue weighted by atomic mass is 16.5. The van der Waals surface area contributed by atoms with Crippen LogP contribution in [0.5, 0.6) is 11.5 Å². The standard InChI is InChI=1S/C20H30N6O3/c1-13(21)20-24-18(10-14-6-7-16(28-2)17(9-14)29-3)25-26(20)12-19(27)23-15-5-4-8-22-11-15/h6-7,9,13,15,22H,4-5,8,10-12,21H2,1-3H3,(H,23,27)/t13-,15-/m1/s1. The van der Waals surface area contributed by atoms with Crippen LogP contribution in [0.1, 0.15) is 43.0 Å². The van der Waals surface area contributed by atoms with E-state index in [0.717, 1.165) is 31.5 Å². The van der Waals surface area contributed by atoms with Crippen molar-refractivity contribution >= 4 is 5.91 Å². The molecule has 1 aliphatic heterocycles. The summed E-state index contributed by atoms with van der Waals surface area (Å²) in [5.41, 5.74) is 7.04. The van der Waals surface area contributed by atoms with Crippen LogP contribution in [0.3, 0.4) is 0 Å². The van der Waals surface area contributed by atoms with Crippen molar-refractivity contribution in [1.82, 2.24) is 25.4 Å². The van der Waals surface area contributed by atoms with Crippen molar-refractivity contribution in [2.45, 2.75) is 44.8 Å². The summed E-state index contributed by atoms with van der Waals surface area (Å²) in [6.45, 7) is 3.74. The molecule has 4 N–H and O–H groups in total. The number of benzene rings is 1. The van der Waals surface area contributed by atoms with Crippen molar-refractivity contribution in [2.75, 3.05) is 27.3 Å². The lowest BCUT2D eigenvalue weighted by Crippen LogP contribution is -2.46. The van der Waals surface area contributed by atoms with Crippen molar-refractivity contribution in [3.05, 3.63) is 35.4 Å². The topological polar surface area (TPSA) is 116 Å². The molecule has 1 saturated heterocycles. The molecular formula is C20H30N6O3. The van der Waals surface area contributed by atoms with Gasteiger partial charge in [0, 0.05) is 19.0 Å². The minimum atomic E-state index is -0.328. The number of piperidine rings is 1. The monoisotopic (exact) mass is 402 g/mol. The fraction of sp³-hybridized carbons (Fsp3) is 0.550. The normalized spacial score (nSPS) is 17.6. The number of nitrogens with zero attached hydrogens (tertiary/aromatic N) is 3. The molecular weight excluding hydrogens is 372 g/mol. The van der Waals surface area contributed by atoms with Crippen molar-refractivity contribution < 1.29 is 14.3 Å². The SMILES string of the molecule is COc1ccc(Cc2nc([C@@H](C)N)n(CC(=O)N[C@@H]3CCCNC3)n2)cc1OC. The average Bonchev–Trinajstić information content (AvgIpc) is 3.10. The molecule has 1 aromatic heterocycles. The Morgan fingerprint density at radius 3 is 2.83 bits per heavy atom. The van der Waals surface area contributed by atoms with E-state index < -0.39 is 0 Å². The van der Waals surface area contributed by atoms with Gasteiger partial charge in [0.1, 0.15) is 12.4 Å². The molecule has 0 unspecified atom stereocenters. The number of carbonyl (C=O) groups excluding carboxylic acids is 1. The molecule has 0 aliphatic carbocycles. The molecule has 0 radical (unpaired) electrons. The van der Waals surface area contributed by atoms with Crippen molar-refractivity contribution in [3.8, 4) is 11.5 Å². The van der Waals surface area contributed by atoms with E-state index in [1.165, 1.54) is 0 Å². The van der Waals surface area contributed by atoms with Crippen LogP contribution < -0.4 is 25.8 Å². The first-order valence-electron chi connectivity index (χ1n) is 9.90. The zero-order chi connectivity index (χ0) is 20.8. The lowest BCUT2D eigenvalue weighted by molar-refractivity contribution is -0.122. The van der Waals surface area contributed by atoms with E-state index in [4.69, 9.17) is 15.2 Å². The van der Waals surface area contributed by atoms with Crippen LogP contribution in [0, 0.1) is 0 Å². The summed E-state index contributed by atoms with van der Waals surface area (Å²) in [5.74, 6) is 2.44. The Labute approximate surface area is 171 Å². The molecule has 9 nitrogen and oxygen atoms in total. The van der Waals surface area contributed by atoms with Crippen molar-refractivity contribution in [1.29, 1.82) is 0 Å². The fourth-order valence-electron chi connectivity index (χ4n) is 3.49. The second-order valence-corrected chi connectivity index (χ2v) is 7.31. The van der Waals surface area contributed by atoms with E-state index in [1.807, 2.05) is 25.1 Å². The summed E-state index contributed by atoms with van der Waals surface area (Å²) in [6.07, 6.45) is 2.55. The van der Waals surface area contributed by atoms with Crippen molar-refractivity contribution in [2.24, 2.45) is 5.73 Å². The molecule has 2 heterocycles. The zero-order valence-electron chi connectivity index (χ0n) is 17.3. The molecule has 2 aromatic rings. The van der Waals surface area contributed by atoms with Crippen LogP contribution in [0.2, 0.25) is 0 Å². The van der Waals surface area contributed by atoms with Crippen molar-refractivity contribution in [3.63, 3.8) is 0 Å². The molecule has 1 aromatic carbocycles. The summed E-state index contributed by atoms with van der Waals surface area (Å²) in [7, 11) is 3.20. The Bertz CT molecular complexity index is 830. The highest BCUT2D eigenvalue weighted by molar-refractivity contribution is 5.76. The Kier molecular flexibility index (Phi) is 7.05. The Balaban J connectivity index is 1.71. The average molecular weight is 402 g/mol. The molecule has 29 heavy (non-hydrogen) atoms. The van der Waals surface area contributed by atoms with Crippen LogP contribution in [-0.2, 0) is 17.8 Å². The van der Waals surface area contributed by atoms with Gasteiger partial charge >= 0.3 is 0 Å². The fourth-order valence-corrected chi connectivity index (χ4v) is 3.49. The van der Waals surface area contributed by atoms with Gasteiger partial charge in [-0.05, 0) is 44.0 Å². The van der Waals surface area contributed by atoms with E-state index in [-0.39, 0.29) is 24.5 Å². The number of nitrogens with one attached hydrogen (secondary N) is 2. The Hall–Kier alpha value is -2.65. The van der Waals surface area contributed by atoms with Crippen LogP contribution >= 0.6 is 0 Å². The highest BCUT2D eigenvalue weighted by Gasteiger charge is 2.19. The van der Waals surface area contributed by atoms with E-state index in [9.17, 15) is 4.79 Å². The summed E-state index contributed by atoms with van der Waals surface area (Å²) < 4.78 is 12.2. The Morgan fingerprint density at radius 1 is 1.38 bits per heavy atom. The number of nitrogens with two attached hydrogens (primary N) is 1. The zero-order valence-corrected chi connectivity index (χ0v) is 17.3. The van der Waals surface area contributed by atoms with Gasteiger partial charge in [-0.2, -0.15) is 5.10 Å². The number of hydrogen-bond acceptors (Lipinski definition) is 7.